The highest BCUT2D eigenvalue weighted by Gasteiger charge is 2.49. The third kappa shape index (κ3) is 14.4. The topological polar surface area (TPSA) is 351 Å². The van der Waals surface area contributed by atoms with Crippen LogP contribution in [0.25, 0.3) is 10.4 Å². The molecule has 23 nitrogen and oxygen atoms in total. The van der Waals surface area contributed by atoms with Crippen LogP contribution < -0.4 is 15.5 Å². The monoisotopic (exact) mass is 1120 g/mol. The van der Waals surface area contributed by atoms with Gasteiger partial charge in [-0.1, -0.05) is 37.2 Å². The van der Waals surface area contributed by atoms with E-state index < -0.39 is 85.9 Å². The summed E-state index contributed by atoms with van der Waals surface area (Å²) in [5.74, 6) is -3.50. The number of carbonyl (C=O) groups is 3. The summed E-state index contributed by atoms with van der Waals surface area (Å²) in [6.45, 7) is 9.22. The van der Waals surface area contributed by atoms with Gasteiger partial charge in [0, 0.05) is 92.0 Å². The fraction of sp³-hybridized carbons (Fsp3) is 0.500. The number of rotatable bonds is 25. The van der Waals surface area contributed by atoms with Crippen LogP contribution in [0.15, 0.2) is 98.5 Å². The van der Waals surface area contributed by atoms with Gasteiger partial charge >= 0.3 is 5.97 Å². The molecule has 2 amide bonds. The molecule has 1 unspecified atom stereocenters. The van der Waals surface area contributed by atoms with E-state index in [1.54, 1.807) is 66.7 Å². The van der Waals surface area contributed by atoms with E-state index in [-0.39, 0.29) is 94.0 Å². The van der Waals surface area contributed by atoms with Crippen molar-refractivity contribution in [3.05, 3.63) is 105 Å². The van der Waals surface area contributed by atoms with Gasteiger partial charge in [0.05, 0.1) is 26.7 Å². The first-order valence-electron chi connectivity index (χ1n) is 23.9. The molecular formula is C48H65N8O15S4+. The van der Waals surface area contributed by atoms with Gasteiger partial charge in [-0.2, -0.15) is 29.8 Å². The van der Waals surface area contributed by atoms with E-state index in [0.717, 1.165) is 4.31 Å². The lowest BCUT2D eigenvalue weighted by molar-refractivity contribution is -0.437. The zero-order valence-corrected chi connectivity index (χ0v) is 45.8. The lowest BCUT2D eigenvalue weighted by Gasteiger charge is -2.35. The zero-order chi connectivity index (χ0) is 56.0. The summed E-state index contributed by atoms with van der Waals surface area (Å²) in [5, 5.41) is 18.3. The van der Waals surface area contributed by atoms with Crippen molar-refractivity contribution < 1.29 is 71.4 Å². The minimum Gasteiger partial charge on any atom is -0.481 e. The van der Waals surface area contributed by atoms with Gasteiger partial charge in [0.2, 0.25) is 27.5 Å². The Morgan fingerprint density at radius 1 is 0.827 bits per heavy atom. The van der Waals surface area contributed by atoms with Crippen LogP contribution in [0.3, 0.4) is 0 Å². The molecule has 2 aromatic carbocycles. The molecule has 75 heavy (non-hydrogen) atoms. The van der Waals surface area contributed by atoms with Crippen LogP contribution in [0.4, 0.5) is 11.4 Å². The van der Waals surface area contributed by atoms with Crippen molar-refractivity contribution in [1.82, 2.24) is 14.9 Å². The van der Waals surface area contributed by atoms with E-state index in [1.165, 1.54) is 37.4 Å². The molecule has 410 valence electrons. The smallest absolute Gasteiger partial charge is 0.303 e. The van der Waals surface area contributed by atoms with Gasteiger partial charge in [-0.15, -0.1) is 0 Å². The van der Waals surface area contributed by atoms with Gasteiger partial charge in [-0.3, -0.25) is 28.0 Å². The summed E-state index contributed by atoms with van der Waals surface area (Å²) in [5.41, 5.74) is 9.07. The molecule has 6 N–H and O–H groups in total. The van der Waals surface area contributed by atoms with Crippen LogP contribution in [-0.2, 0) is 65.6 Å². The Hall–Kier alpha value is -5.77. The predicted octanol–water partition coefficient (Wildman–Crippen LogP) is 5.17. The third-order valence-electron chi connectivity index (χ3n) is 13.4. The molecule has 3 aliphatic rings. The number of aliphatic carboxylic acids is 1. The number of nitrogens with zero attached hydrogens (tertiary/aromatic N) is 6. The largest absolute Gasteiger partial charge is 0.481 e. The Kier molecular flexibility index (Phi) is 18.9. The van der Waals surface area contributed by atoms with Crippen molar-refractivity contribution >= 4 is 75.2 Å². The SMILES string of the molecule is CCNC(=O)C1(C(=O)NCCCN=[N+]=[N-])CC(/C=C/C2=[N+](CCCS(=O)(=O)O)c3ccc(S(=O)(=O)N(C)CCCC(=O)O)cc3C2(C)C)=CC(=C/C=C2/N(CCCS(=O)(=O)O)c3ccc(S(=O)(=O)O)cc3C2(C)C)/C1. The third-order valence-corrected chi connectivity index (χ3v) is 17.8. The number of nitrogens with one attached hydrogen (secondary N) is 2. The molecular weight excluding hydrogens is 1060 g/mol. The average Bonchev–Trinajstić information content (AvgIpc) is 3.65. The van der Waals surface area contributed by atoms with E-state index in [1.807, 2.05) is 13.8 Å². The highest BCUT2D eigenvalue weighted by Crippen LogP contribution is 2.49. The molecule has 0 saturated heterocycles. The van der Waals surface area contributed by atoms with Crippen molar-refractivity contribution in [2.45, 2.75) is 100 Å². The maximum absolute atomic E-state index is 14.6. The second-order valence-electron chi connectivity index (χ2n) is 19.6. The molecule has 0 bridgehead atoms. The van der Waals surface area contributed by atoms with E-state index in [9.17, 15) is 61.7 Å². The number of carboxylic acid groups (broad SMARTS) is 1. The standard InChI is InChI=1S/C48H64N8O15S4/c1-7-50-44(59)48(45(60)51-21-9-22-52-53-49)31-33(28-34(32-48)14-20-42-47(4,5)38-30-36(75(69,70)71)16-18-40(38)56(42)25-11-27-73(64,65)66)13-19-41-46(2,3)37-29-35(74(67,68)54(6)23-8-12-43(57)58)15-17-39(37)55(41)24-10-26-72(61,62)63/h13-20,28-30H,7-12,21-27,31-32H2,1-6H3,(H5-,50,51,57,58,59,60,61,62,63,64,65,66,69,70,71)/p+1. The molecule has 1 aliphatic carbocycles. The summed E-state index contributed by atoms with van der Waals surface area (Å²) in [6.07, 6.45) is 8.28. The predicted molar refractivity (Wildman–Crippen MR) is 280 cm³/mol. The fourth-order valence-corrected chi connectivity index (χ4v) is 12.4. The van der Waals surface area contributed by atoms with Gasteiger partial charge in [0.15, 0.2) is 5.71 Å². The van der Waals surface area contributed by atoms with Crippen molar-refractivity contribution in [3.63, 3.8) is 0 Å². The number of allylic oxidation sites excluding steroid dienone is 8. The van der Waals surface area contributed by atoms with Crippen LogP contribution in [0.1, 0.15) is 90.7 Å². The van der Waals surface area contributed by atoms with Crippen LogP contribution >= 0.6 is 0 Å². The quantitative estimate of drug-likeness (QED) is 0.0142. The molecule has 2 heterocycles. The number of hydrogen-bond acceptors (Lipinski definition) is 13. The molecule has 2 aliphatic heterocycles. The fourth-order valence-electron chi connectivity index (χ4n) is 9.68. The second kappa shape index (κ2) is 23.6. The molecule has 27 heteroatoms. The number of amides is 2. The van der Waals surface area contributed by atoms with E-state index in [0.29, 0.717) is 45.1 Å². The molecule has 5 rings (SSSR count). The number of carbonyl (C=O) groups excluding carboxylic acids is 2. The number of benzene rings is 2. The minimum atomic E-state index is -4.65. The van der Waals surface area contributed by atoms with Crippen LogP contribution in [0.5, 0.6) is 0 Å². The number of azide groups is 1. The number of hydrogen-bond donors (Lipinski definition) is 6. The van der Waals surface area contributed by atoms with E-state index >= 15 is 0 Å². The summed E-state index contributed by atoms with van der Waals surface area (Å²) >= 11 is 0. The molecule has 2 aromatic rings. The van der Waals surface area contributed by atoms with Crippen molar-refractivity contribution in [3.8, 4) is 0 Å². The van der Waals surface area contributed by atoms with Crippen molar-refractivity contribution in [2.24, 2.45) is 10.5 Å². The maximum atomic E-state index is 14.6. The average molecular weight is 1120 g/mol. The Labute approximate surface area is 438 Å². The lowest BCUT2D eigenvalue weighted by Crippen LogP contribution is -2.53. The minimum absolute atomic E-state index is 0.0375. The highest BCUT2D eigenvalue weighted by molar-refractivity contribution is 7.89. The van der Waals surface area contributed by atoms with Gasteiger partial charge < -0.3 is 20.6 Å². The van der Waals surface area contributed by atoms with Gasteiger partial charge in [0.25, 0.3) is 30.4 Å². The van der Waals surface area contributed by atoms with Crippen LogP contribution in [0, 0.1) is 5.41 Å². The van der Waals surface area contributed by atoms with E-state index in [2.05, 4.69) is 20.7 Å². The molecule has 0 fully saturated rings. The molecule has 0 spiro atoms. The van der Waals surface area contributed by atoms with Crippen molar-refractivity contribution in [1.29, 1.82) is 0 Å². The van der Waals surface area contributed by atoms with Crippen molar-refractivity contribution in [2.75, 3.05) is 62.7 Å². The van der Waals surface area contributed by atoms with E-state index in [4.69, 9.17) is 10.6 Å². The van der Waals surface area contributed by atoms with Gasteiger partial charge in [0.1, 0.15) is 12.0 Å². The first-order valence-corrected chi connectivity index (χ1v) is 30.0. The Morgan fingerprint density at radius 3 is 2.09 bits per heavy atom. The lowest BCUT2D eigenvalue weighted by atomic mass is 9.70. The maximum Gasteiger partial charge on any atom is 0.303 e. The number of carboxylic acids is 1. The Morgan fingerprint density at radius 2 is 1.47 bits per heavy atom. The first-order chi connectivity index (χ1) is 34.8. The molecule has 0 aromatic heterocycles. The summed E-state index contributed by atoms with van der Waals surface area (Å²) in [4.78, 5) is 44.2. The summed E-state index contributed by atoms with van der Waals surface area (Å²) < 4.78 is 132. The highest BCUT2D eigenvalue weighted by atomic mass is 32.2. The van der Waals surface area contributed by atoms with Crippen LogP contribution in [0.2, 0.25) is 0 Å². The number of sulfonamides is 1. The number of fused-ring (bicyclic) bond motifs is 2. The van der Waals surface area contributed by atoms with Gasteiger partial charge in [-0.05, 0) is 112 Å². The Balaban J connectivity index is 1.70. The first kappa shape index (κ1) is 60.1. The normalized spacial score (nSPS) is 19.5. The number of anilines is 1. The Bertz CT molecular complexity index is 3270. The van der Waals surface area contributed by atoms with Gasteiger partial charge in [-0.25, -0.2) is 12.7 Å². The van der Waals surface area contributed by atoms with Crippen LogP contribution in [-0.4, -0.2) is 143 Å². The summed E-state index contributed by atoms with van der Waals surface area (Å²) in [7, 11) is -16.2. The molecule has 1 atom stereocenters. The second-order valence-corrected chi connectivity index (χ2v) is 26.2. The summed E-state index contributed by atoms with van der Waals surface area (Å²) in [6, 6.07) is 8.50. The molecule has 0 radical (unpaired) electrons. The zero-order valence-electron chi connectivity index (χ0n) is 42.6. The molecule has 0 saturated carbocycles.